The number of sulfone groups is 1. The number of rotatable bonds is 6. The maximum atomic E-state index is 13.6. The van der Waals surface area contributed by atoms with Crippen molar-refractivity contribution in [3.63, 3.8) is 0 Å². The number of benzene rings is 1. The van der Waals surface area contributed by atoms with Gasteiger partial charge in [-0.15, -0.1) is 0 Å². The fraction of sp³-hybridized carbons (Fsp3) is 0.500. The van der Waals surface area contributed by atoms with Crippen molar-refractivity contribution in [3.05, 3.63) is 34.1 Å². The first-order valence-electron chi connectivity index (χ1n) is 5.74. The summed E-state index contributed by atoms with van der Waals surface area (Å²) in [5, 5.41) is 3.02. The second-order valence-electron chi connectivity index (χ2n) is 4.08. The summed E-state index contributed by atoms with van der Waals surface area (Å²) in [7, 11) is -2.98. The molecule has 18 heavy (non-hydrogen) atoms. The lowest BCUT2D eigenvalue weighted by Crippen LogP contribution is -2.26. The van der Waals surface area contributed by atoms with Crippen LogP contribution >= 0.6 is 15.9 Å². The third-order valence-corrected chi connectivity index (χ3v) is 4.93. The Morgan fingerprint density at radius 2 is 2.11 bits per heavy atom. The van der Waals surface area contributed by atoms with Crippen LogP contribution in [0.5, 0.6) is 0 Å². The summed E-state index contributed by atoms with van der Waals surface area (Å²) in [6.45, 7) is 3.75. The predicted octanol–water partition coefficient (Wildman–Crippen LogP) is 2.67. The Bertz CT molecular complexity index is 505. The minimum atomic E-state index is -2.98. The average molecular weight is 338 g/mol. The first kappa shape index (κ1) is 15.6. The lowest BCUT2D eigenvalue weighted by Gasteiger charge is -2.15. The van der Waals surface area contributed by atoms with Crippen LogP contribution in [0.2, 0.25) is 0 Å². The Balaban J connectivity index is 2.58. The van der Waals surface area contributed by atoms with Crippen LogP contribution in [0, 0.1) is 5.82 Å². The molecule has 102 valence electrons. The number of nitrogens with one attached hydrogen (secondary N) is 1. The molecule has 0 radical (unpaired) electrons. The van der Waals surface area contributed by atoms with Crippen LogP contribution in [0.3, 0.4) is 0 Å². The van der Waals surface area contributed by atoms with Crippen LogP contribution in [0.25, 0.3) is 0 Å². The van der Waals surface area contributed by atoms with Gasteiger partial charge in [0, 0.05) is 28.4 Å². The molecular weight excluding hydrogens is 321 g/mol. The van der Waals surface area contributed by atoms with Crippen molar-refractivity contribution in [3.8, 4) is 0 Å². The maximum absolute atomic E-state index is 13.6. The van der Waals surface area contributed by atoms with E-state index in [9.17, 15) is 12.8 Å². The van der Waals surface area contributed by atoms with E-state index in [1.165, 1.54) is 6.07 Å². The second-order valence-corrected chi connectivity index (χ2v) is 7.47. The van der Waals surface area contributed by atoms with Crippen molar-refractivity contribution in [2.24, 2.45) is 0 Å². The minimum absolute atomic E-state index is 0.0754. The van der Waals surface area contributed by atoms with E-state index in [4.69, 9.17) is 0 Å². The summed E-state index contributed by atoms with van der Waals surface area (Å²) in [5.74, 6) is -0.0930. The molecule has 0 amide bonds. The lowest BCUT2D eigenvalue weighted by molar-refractivity contribution is 0.536. The van der Waals surface area contributed by atoms with Crippen molar-refractivity contribution < 1.29 is 12.8 Å². The van der Waals surface area contributed by atoms with Gasteiger partial charge < -0.3 is 5.32 Å². The van der Waals surface area contributed by atoms with Crippen molar-refractivity contribution in [1.82, 2.24) is 5.32 Å². The zero-order valence-electron chi connectivity index (χ0n) is 10.4. The fourth-order valence-corrected chi connectivity index (χ4v) is 2.59. The summed E-state index contributed by atoms with van der Waals surface area (Å²) in [5.41, 5.74) is 0.534. The Hall–Kier alpha value is -0.460. The highest BCUT2D eigenvalue weighted by Crippen LogP contribution is 2.20. The Kier molecular flexibility index (Phi) is 5.75. The maximum Gasteiger partial charge on any atom is 0.151 e. The molecule has 1 aromatic rings. The molecule has 0 saturated carbocycles. The molecule has 1 unspecified atom stereocenters. The Labute approximate surface area is 116 Å². The van der Waals surface area contributed by atoms with Gasteiger partial charge >= 0.3 is 0 Å². The molecule has 0 saturated heterocycles. The molecular formula is C12H17BrFNO2S. The van der Waals surface area contributed by atoms with Gasteiger partial charge in [-0.25, -0.2) is 12.8 Å². The van der Waals surface area contributed by atoms with Gasteiger partial charge in [0.2, 0.25) is 0 Å². The van der Waals surface area contributed by atoms with Crippen molar-refractivity contribution in [2.45, 2.75) is 19.9 Å². The second kappa shape index (κ2) is 6.63. The van der Waals surface area contributed by atoms with Gasteiger partial charge in [-0.3, -0.25) is 0 Å². The molecule has 1 N–H and O–H groups in total. The van der Waals surface area contributed by atoms with Gasteiger partial charge in [0.25, 0.3) is 0 Å². The standard InChI is InChI=1S/C12H17BrFNO2S/c1-3-18(16,17)7-6-15-9(2)11-5-4-10(13)8-12(11)14/h4-5,8-9,15H,3,6-7H2,1-2H3. The van der Waals surface area contributed by atoms with Crippen molar-refractivity contribution in [2.75, 3.05) is 18.1 Å². The molecule has 1 rings (SSSR count). The lowest BCUT2D eigenvalue weighted by atomic mass is 10.1. The average Bonchev–Trinajstić information content (AvgIpc) is 2.28. The third-order valence-electron chi connectivity index (χ3n) is 2.73. The SMILES string of the molecule is CCS(=O)(=O)CCNC(C)c1ccc(Br)cc1F. The molecule has 0 aliphatic rings. The quantitative estimate of drug-likeness (QED) is 0.867. The number of hydrogen-bond acceptors (Lipinski definition) is 3. The first-order valence-corrected chi connectivity index (χ1v) is 8.36. The highest BCUT2D eigenvalue weighted by Gasteiger charge is 2.12. The van der Waals surface area contributed by atoms with E-state index in [0.29, 0.717) is 16.6 Å². The van der Waals surface area contributed by atoms with Crippen LogP contribution in [-0.2, 0) is 9.84 Å². The predicted molar refractivity (Wildman–Crippen MR) is 74.8 cm³/mol. The van der Waals surface area contributed by atoms with Crippen LogP contribution in [0.15, 0.2) is 22.7 Å². The number of hydrogen-bond donors (Lipinski definition) is 1. The normalized spacial score (nSPS) is 13.6. The minimum Gasteiger partial charge on any atom is -0.309 e. The zero-order chi connectivity index (χ0) is 13.8. The van der Waals surface area contributed by atoms with Crippen LogP contribution in [0.1, 0.15) is 25.5 Å². The number of halogens is 2. The molecule has 0 heterocycles. The molecule has 1 aromatic carbocycles. The molecule has 3 nitrogen and oxygen atoms in total. The van der Waals surface area contributed by atoms with E-state index in [1.54, 1.807) is 19.1 Å². The van der Waals surface area contributed by atoms with E-state index in [1.807, 2.05) is 6.92 Å². The van der Waals surface area contributed by atoms with E-state index in [0.717, 1.165) is 0 Å². The van der Waals surface area contributed by atoms with Crippen LogP contribution < -0.4 is 5.32 Å². The van der Waals surface area contributed by atoms with E-state index in [2.05, 4.69) is 21.2 Å². The van der Waals surface area contributed by atoms with Gasteiger partial charge in [-0.1, -0.05) is 28.9 Å². The monoisotopic (exact) mass is 337 g/mol. The molecule has 0 aliphatic carbocycles. The molecule has 1 atom stereocenters. The van der Waals surface area contributed by atoms with Crippen LogP contribution in [0.4, 0.5) is 4.39 Å². The summed E-state index contributed by atoms with van der Waals surface area (Å²) in [6, 6.07) is 4.63. The molecule has 0 aromatic heterocycles. The largest absolute Gasteiger partial charge is 0.309 e. The highest BCUT2D eigenvalue weighted by molar-refractivity contribution is 9.10. The summed E-state index contributed by atoms with van der Waals surface area (Å²) in [4.78, 5) is 0. The molecule has 0 spiro atoms. The van der Waals surface area contributed by atoms with Crippen molar-refractivity contribution in [1.29, 1.82) is 0 Å². The Morgan fingerprint density at radius 3 is 2.67 bits per heavy atom. The molecule has 0 fully saturated rings. The smallest absolute Gasteiger partial charge is 0.151 e. The molecule has 6 heteroatoms. The molecule has 0 aliphatic heterocycles. The van der Waals surface area contributed by atoms with Gasteiger partial charge in [0.05, 0.1) is 5.75 Å². The third kappa shape index (κ3) is 4.66. The van der Waals surface area contributed by atoms with Crippen LogP contribution in [-0.4, -0.2) is 26.5 Å². The topological polar surface area (TPSA) is 46.2 Å². The summed E-state index contributed by atoms with van der Waals surface area (Å²) < 4.78 is 36.9. The first-order chi connectivity index (χ1) is 8.35. The van der Waals surface area contributed by atoms with E-state index >= 15 is 0 Å². The van der Waals surface area contributed by atoms with E-state index < -0.39 is 9.84 Å². The van der Waals surface area contributed by atoms with Gasteiger partial charge in [-0.05, 0) is 19.1 Å². The van der Waals surface area contributed by atoms with Crippen molar-refractivity contribution >= 4 is 25.8 Å². The Morgan fingerprint density at radius 1 is 1.44 bits per heavy atom. The van der Waals surface area contributed by atoms with E-state index in [-0.39, 0.29) is 23.4 Å². The van der Waals surface area contributed by atoms with Gasteiger partial charge in [-0.2, -0.15) is 0 Å². The van der Waals surface area contributed by atoms with Gasteiger partial charge in [0.15, 0.2) is 9.84 Å². The highest BCUT2D eigenvalue weighted by atomic mass is 79.9. The van der Waals surface area contributed by atoms with Gasteiger partial charge in [0.1, 0.15) is 5.82 Å². The summed E-state index contributed by atoms with van der Waals surface area (Å²) in [6.07, 6.45) is 0. The fourth-order valence-electron chi connectivity index (χ4n) is 1.54. The summed E-state index contributed by atoms with van der Waals surface area (Å²) >= 11 is 3.19. The molecule has 0 bridgehead atoms. The zero-order valence-corrected chi connectivity index (χ0v) is 12.8.